The van der Waals surface area contributed by atoms with Crippen molar-refractivity contribution in [2.24, 2.45) is 5.41 Å². The number of rotatable bonds is 2. The number of esters is 1. The third kappa shape index (κ3) is 1.95. The van der Waals surface area contributed by atoms with Crippen LogP contribution in [0.2, 0.25) is 0 Å². The van der Waals surface area contributed by atoms with E-state index in [9.17, 15) is 4.79 Å². The van der Waals surface area contributed by atoms with Gasteiger partial charge in [-0.1, -0.05) is 19.3 Å². The van der Waals surface area contributed by atoms with Crippen LogP contribution in [0.25, 0.3) is 0 Å². The minimum Gasteiger partial charge on any atom is -0.468 e. The highest BCUT2D eigenvalue weighted by Crippen LogP contribution is 2.51. The molecular weight excluding hydrogens is 232 g/mol. The molecule has 1 heterocycles. The van der Waals surface area contributed by atoms with Crippen LogP contribution in [0.1, 0.15) is 52.9 Å². The van der Waals surface area contributed by atoms with E-state index < -0.39 is 11.2 Å². The van der Waals surface area contributed by atoms with Crippen molar-refractivity contribution < 1.29 is 19.0 Å². The van der Waals surface area contributed by atoms with E-state index in [2.05, 4.69) is 0 Å². The molecule has 0 aromatic heterocycles. The molecule has 0 radical (unpaired) electrons. The van der Waals surface area contributed by atoms with Crippen molar-refractivity contribution in [3.8, 4) is 0 Å². The van der Waals surface area contributed by atoms with Gasteiger partial charge in [-0.25, -0.2) is 0 Å². The lowest BCUT2D eigenvalue weighted by molar-refractivity contribution is -0.250. The molecule has 1 saturated heterocycles. The smallest absolute Gasteiger partial charge is 0.317 e. The molecule has 2 rings (SSSR count). The summed E-state index contributed by atoms with van der Waals surface area (Å²) in [7, 11) is 1.45. The molecule has 2 aliphatic rings. The molecule has 4 nitrogen and oxygen atoms in total. The zero-order valence-corrected chi connectivity index (χ0v) is 11.8. The van der Waals surface area contributed by atoms with Gasteiger partial charge in [0.1, 0.15) is 5.41 Å². The molecule has 0 unspecified atom stereocenters. The summed E-state index contributed by atoms with van der Waals surface area (Å²) in [6.07, 6.45) is 4.82. The maximum absolute atomic E-state index is 12.3. The van der Waals surface area contributed by atoms with Crippen molar-refractivity contribution in [3.05, 3.63) is 0 Å². The number of ether oxygens (including phenoxy) is 3. The summed E-state index contributed by atoms with van der Waals surface area (Å²) in [6, 6.07) is 0. The molecule has 104 valence electrons. The molecule has 4 heteroatoms. The van der Waals surface area contributed by atoms with Crippen LogP contribution < -0.4 is 0 Å². The molecule has 0 amide bonds. The molecule has 18 heavy (non-hydrogen) atoms. The van der Waals surface area contributed by atoms with E-state index in [0.717, 1.165) is 25.7 Å². The van der Waals surface area contributed by atoms with Gasteiger partial charge in [0, 0.05) is 0 Å². The zero-order valence-electron chi connectivity index (χ0n) is 11.8. The van der Waals surface area contributed by atoms with E-state index in [4.69, 9.17) is 14.2 Å². The highest BCUT2D eigenvalue weighted by atomic mass is 16.8. The van der Waals surface area contributed by atoms with Gasteiger partial charge in [-0.15, -0.1) is 0 Å². The first kappa shape index (κ1) is 13.8. The molecule has 1 aliphatic heterocycles. The number of hydrogen-bond acceptors (Lipinski definition) is 4. The molecule has 1 saturated carbocycles. The Hall–Kier alpha value is -0.610. The second-order valence-corrected chi connectivity index (χ2v) is 5.73. The monoisotopic (exact) mass is 256 g/mol. The number of methoxy groups -OCH3 is 1. The Bertz CT molecular complexity index is 310. The fraction of sp³-hybridized carbons (Fsp3) is 0.929. The average Bonchev–Trinajstić information content (AvgIpc) is 2.64. The maximum atomic E-state index is 12.3. The standard InChI is InChI=1S/C14H24O4/c1-10-11(2)18-13(3,17-10)14(12(15)16-4)8-6-5-7-9-14/h10-11H,5-9H2,1-4H3/t10-,11-/m0/s1. The predicted molar refractivity (Wildman–Crippen MR) is 67.0 cm³/mol. The van der Waals surface area contributed by atoms with E-state index in [0.29, 0.717) is 0 Å². The van der Waals surface area contributed by atoms with Crippen LogP contribution >= 0.6 is 0 Å². The second-order valence-electron chi connectivity index (χ2n) is 5.73. The lowest BCUT2D eigenvalue weighted by Gasteiger charge is -2.44. The number of carbonyl (C=O) groups is 1. The van der Waals surface area contributed by atoms with E-state index in [1.165, 1.54) is 13.5 Å². The topological polar surface area (TPSA) is 44.8 Å². The summed E-state index contributed by atoms with van der Waals surface area (Å²) in [4.78, 5) is 12.3. The molecule has 2 fully saturated rings. The third-order valence-electron chi connectivity index (χ3n) is 4.64. The molecule has 0 N–H and O–H groups in total. The van der Waals surface area contributed by atoms with E-state index in [1.54, 1.807) is 0 Å². The van der Waals surface area contributed by atoms with Crippen molar-refractivity contribution in [2.75, 3.05) is 7.11 Å². The molecule has 0 bridgehead atoms. The maximum Gasteiger partial charge on any atom is 0.317 e. The van der Waals surface area contributed by atoms with E-state index in [1.807, 2.05) is 20.8 Å². The van der Waals surface area contributed by atoms with Gasteiger partial charge in [0.25, 0.3) is 0 Å². The Kier molecular flexibility index (Phi) is 3.70. The Morgan fingerprint density at radius 2 is 1.61 bits per heavy atom. The van der Waals surface area contributed by atoms with Crippen LogP contribution in [0.5, 0.6) is 0 Å². The Morgan fingerprint density at radius 3 is 2.06 bits per heavy atom. The summed E-state index contributed by atoms with van der Waals surface area (Å²) < 4.78 is 17.0. The molecule has 0 aromatic carbocycles. The summed E-state index contributed by atoms with van der Waals surface area (Å²) in [5.41, 5.74) is -0.640. The van der Waals surface area contributed by atoms with Crippen LogP contribution in [0.3, 0.4) is 0 Å². The van der Waals surface area contributed by atoms with Crippen LogP contribution in [0.15, 0.2) is 0 Å². The van der Waals surface area contributed by atoms with Crippen molar-refractivity contribution in [3.63, 3.8) is 0 Å². The molecule has 0 aromatic rings. The summed E-state index contributed by atoms with van der Waals surface area (Å²) >= 11 is 0. The van der Waals surface area contributed by atoms with E-state index in [-0.39, 0.29) is 18.2 Å². The van der Waals surface area contributed by atoms with Crippen molar-refractivity contribution in [2.45, 2.75) is 70.9 Å². The summed E-state index contributed by atoms with van der Waals surface area (Å²) in [5.74, 6) is -1.04. The number of hydrogen-bond donors (Lipinski definition) is 0. The highest BCUT2D eigenvalue weighted by Gasteiger charge is 2.61. The van der Waals surface area contributed by atoms with Crippen LogP contribution in [-0.2, 0) is 19.0 Å². The van der Waals surface area contributed by atoms with Crippen molar-refractivity contribution in [1.82, 2.24) is 0 Å². The minimum absolute atomic E-state index is 0.0125. The molecular formula is C14H24O4. The van der Waals surface area contributed by atoms with Gasteiger partial charge in [-0.3, -0.25) is 4.79 Å². The zero-order chi connectivity index (χ0) is 13.4. The summed E-state index contributed by atoms with van der Waals surface area (Å²) in [6.45, 7) is 5.88. The van der Waals surface area contributed by atoms with Gasteiger partial charge in [0.2, 0.25) is 0 Å². The first-order valence-electron chi connectivity index (χ1n) is 6.89. The molecule has 2 atom stereocenters. The Morgan fingerprint density at radius 1 is 1.11 bits per heavy atom. The quantitative estimate of drug-likeness (QED) is 0.712. The lowest BCUT2D eigenvalue weighted by Crippen LogP contribution is -2.54. The summed E-state index contributed by atoms with van der Waals surface area (Å²) in [5, 5.41) is 0. The average molecular weight is 256 g/mol. The fourth-order valence-electron chi connectivity index (χ4n) is 3.35. The Labute approximate surface area is 109 Å². The van der Waals surface area contributed by atoms with E-state index >= 15 is 0 Å². The van der Waals surface area contributed by atoms with Crippen LogP contribution in [0, 0.1) is 5.41 Å². The van der Waals surface area contributed by atoms with Crippen molar-refractivity contribution >= 4 is 5.97 Å². The minimum atomic E-state index is -0.848. The predicted octanol–water partition coefficient (Wildman–Crippen LogP) is 2.65. The highest BCUT2D eigenvalue weighted by molar-refractivity contribution is 5.78. The van der Waals surface area contributed by atoms with Gasteiger partial charge in [-0.05, 0) is 33.6 Å². The Balaban J connectivity index is 2.32. The second kappa shape index (κ2) is 4.82. The first-order valence-corrected chi connectivity index (χ1v) is 6.89. The molecule has 1 aliphatic carbocycles. The lowest BCUT2D eigenvalue weighted by atomic mass is 9.68. The normalized spacial score (nSPS) is 34.2. The molecule has 0 spiro atoms. The van der Waals surface area contributed by atoms with Gasteiger partial charge < -0.3 is 14.2 Å². The first-order chi connectivity index (χ1) is 8.45. The van der Waals surface area contributed by atoms with Gasteiger partial charge in [0.05, 0.1) is 19.3 Å². The van der Waals surface area contributed by atoms with Crippen LogP contribution in [0.4, 0.5) is 0 Å². The van der Waals surface area contributed by atoms with Gasteiger partial charge in [0.15, 0.2) is 5.79 Å². The largest absolute Gasteiger partial charge is 0.468 e. The van der Waals surface area contributed by atoms with Crippen molar-refractivity contribution in [1.29, 1.82) is 0 Å². The van der Waals surface area contributed by atoms with Gasteiger partial charge in [-0.2, -0.15) is 0 Å². The van der Waals surface area contributed by atoms with Gasteiger partial charge >= 0.3 is 5.97 Å². The number of carbonyl (C=O) groups excluding carboxylic acids is 1. The fourth-order valence-corrected chi connectivity index (χ4v) is 3.35. The van der Waals surface area contributed by atoms with Crippen LogP contribution in [-0.4, -0.2) is 31.1 Å². The SMILES string of the molecule is COC(=O)C1(C2(C)O[C@@H](C)[C@H](C)O2)CCCCC1. The third-order valence-corrected chi connectivity index (χ3v) is 4.64.